The lowest BCUT2D eigenvalue weighted by Crippen LogP contribution is -2.42. The molecule has 0 fully saturated rings. The highest BCUT2D eigenvalue weighted by atomic mass is 79.9. The van der Waals surface area contributed by atoms with Crippen molar-refractivity contribution in [1.82, 2.24) is 0 Å². The van der Waals surface area contributed by atoms with Crippen molar-refractivity contribution in [2.45, 2.75) is 51.2 Å². The number of halogens is 1. The summed E-state index contributed by atoms with van der Waals surface area (Å²) in [6, 6.07) is 6.20. The van der Waals surface area contributed by atoms with E-state index in [1.807, 2.05) is 12.1 Å². The number of nitrogens with two attached hydrogens (primary N) is 1. The van der Waals surface area contributed by atoms with E-state index < -0.39 is 0 Å². The van der Waals surface area contributed by atoms with Crippen molar-refractivity contribution < 1.29 is 4.74 Å². The van der Waals surface area contributed by atoms with Crippen LogP contribution in [0.3, 0.4) is 0 Å². The number of benzene rings is 1. The zero-order valence-electron chi connectivity index (χ0n) is 10.5. The van der Waals surface area contributed by atoms with Gasteiger partial charge in [-0.15, -0.1) is 0 Å². The molecule has 0 aromatic heterocycles. The quantitative estimate of drug-likeness (QED) is 0.908. The summed E-state index contributed by atoms with van der Waals surface area (Å²) in [5, 5.41) is 0. The highest BCUT2D eigenvalue weighted by Gasteiger charge is 2.37. The average molecular weight is 298 g/mol. The van der Waals surface area contributed by atoms with E-state index in [4.69, 9.17) is 10.5 Å². The van der Waals surface area contributed by atoms with Crippen molar-refractivity contribution in [3.8, 4) is 5.75 Å². The normalized spacial score (nSPS) is 27.4. The number of fused-ring (bicyclic) bond motifs is 1. The molecule has 94 valence electrons. The lowest BCUT2D eigenvalue weighted by molar-refractivity contribution is 0.0230. The maximum absolute atomic E-state index is 6.30. The van der Waals surface area contributed by atoms with Gasteiger partial charge in [0.05, 0.1) is 0 Å². The molecule has 1 aliphatic rings. The van der Waals surface area contributed by atoms with Crippen LogP contribution < -0.4 is 10.5 Å². The lowest BCUT2D eigenvalue weighted by atomic mass is 9.83. The second kappa shape index (κ2) is 4.99. The highest BCUT2D eigenvalue weighted by molar-refractivity contribution is 9.10. The molecule has 1 aromatic carbocycles. The summed E-state index contributed by atoms with van der Waals surface area (Å²) in [7, 11) is 0. The summed E-state index contributed by atoms with van der Waals surface area (Å²) in [6.07, 6.45) is 4.14. The molecule has 0 saturated heterocycles. The molecule has 2 atom stereocenters. The Morgan fingerprint density at radius 3 is 2.88 bits per heavy atom. The molecule has 0 saturated carbocycles. The van der Waals surface area contributed by atoms with Gasteiger partial charge in [0.1, 0.15) is 11.4 Å². The van der Waals surface area contributed by atoms with E-state index in [-0.39, 0.29) is 11.6 Å². The maximum Gasteiger partial charge on any atom is 0.124 e. The summed E-state index contributed by atoms with van der Waals surface area (Å²) >= 11 is 3.48. The SMILES string of the molecule is CCCC1(CC)CC(N)c2cc(Br)ccc2O1. The van der Waals surface area contributed by atoms with E-state index in [0.717, 1.165) is 41.5 Å². The predicted octanol–water partition coefficient (Wildman–Crippen LogP) is 4.18. The van der Waals surface area contributed by atoms with E-state index in [2.05, 4.69) is 35.8 Å². The molecule has 2 rings (SSSR count). The third kappa shape index (κ3) is 2.50. The van der Waals surface area contributed by atoms with Crippen molar-refractivity contribution in [3.05, 3.63) is 28.2 Å². The van der Waals surface area contributed by atoms with Crippen molar-refractivity contribution in [1.29, 1.82) is 0 Å². The molecule has 1 aliphatic heterocycles. The number of ether oxygens (including phenoxy) is 1. The molecular weight excluding hydrogens is 278 g/mol. The Labute approximate surface area is 112 Å². The first-order chi connectivity index (χ1) is 8.10. The van der Waals surface area contributed by atoms with Crippen LogP contribution in [0.25, 0.3) is 0 Å². The topological polar surface area (TPSA) is 35.2 Å². The summed E-state index contributed by atoms with van der Waals surface area (Å²) in [5.74, 6) is 0.960. The van der Waals surface area contributed by atoms with Crippen LogP contribution in [0.15, 0.2) is 22.7 Å². The first-order valence-corrected chi connectivity index (χ1v) is 7.13. The molecule has 0 amide bonds. The second-order valence-corrected chi connectivity index (χ2v) is 5.80. The Balaban J connectivity index is 2.35. The van der Waals surface area contributed by atoms with Crippen LogP contribution in [0.4, 0.5) is 0 Å². The van der Waals surface area contributed by atoms with E-state index in [9.17, 15) is 0 Å². The first kappa shape index (κ1) is 12.9. The van der Waals surface area contributed by atoms with Gasteiger partial charge >= 0.3 is 0 Å². The van der Waals surface area contributed by atoms with E-state index >= 15 is 0 Å². The highest BCUT2D eigenvalue weighted by Crippen LogP contribution is 2.43. The minimum atomic E-state index is -0.0605. The minimum absolute atomic E-state index is 0.0605. The fourth-order valence-corrected chi connectivity index (χ4v) is 3.07. The van der Waals surface area contributed by atoms with Gasteiger partial charge in [-0.3, -0.25) is 0 Å². The van der Waals surface area contributed by atoms with Crippen molar-refractivity contribution >= 4 is 15.9 Å². The van der Waals surface area contributed by atoms with Gasteiger partial charge in [-0.1, -0.05) is 36.2 Å². The Morgan fingerprint density at radius 2 is 2.24 bits per heavy atom. The Kier molecular flexibility index (Phi) is 3.79. The first-order valence-electron chi connectivity index (χ1n) is 6.34. The van der Waals surface area contributed by atoms with Crippen LogP contribution in [-0.2, 0) is 0 Å². The zero-order chi connectivity index (χ0) is 12.5. The molecule has 1 heterocycles. The maximum atomic E-state index is 6.30. The van der Waals surface area contributed by atoms with Crippen LogP contribution in [0, 0.1) is 0 Å². The van der Waals surface area contributed by atoms with Crippen LogP contribution in [-0.4, -0.2) is 5.60 Å². The van der Waals surface area contributed by atoms with Crippen molar-refractivity contribution in [3.63, 3.8) is 0 Å². The van der Waals surface area contributed by atoms with Gasteiger partial charge in [0.25, 0.3) is 0 Å². The fourth-order valence-electron chi connectivity index (χ4n) is 2.69. The third-order valence-electron chi connectivity index (χ3n) is 3.64. The van der Waals surface area contributed by atoms with Crippen LogP contribution in [0.2, 0.25) is 0 Å². The standard InChI is InChI=1S/C14H20BrNO/c1-3-7-14(4-2)9-12(16)11-8-10(15)5-6-13(11)17-14/h5-6,8,12H,3-4,7,9,16H2,1-2H3. The van der Waals surface area contributed by atoms with Crippen LogP contribution in [0.1, 0.15) is 51.1 Å². The molecule has 0 radical (unpaired) electrons. The number of rotatable bonds is 3. The average Bonchev–Trinajstić information content (AvgIpc) is 2.31. The summed E-state index contributed by atoms with van der Waals surface area (Å²) in [4.78, 5) is 0. The molecule has 0 aliphatic carbocycles. The Bertz CT molecular complexity index is 407. The molecule has 1 aromatic rings. The van der Waals surface area contributed by atoms with Gasteiger partial charge in [0.2, 0.25) is 0 Å². The molecule has 0 spiro atoms. The van der Waals surface area contributed by atoms with Crippen molar-refractivity contribution in [2.24, 2.45) is 5.73 Å². The molecular formula is C14H20BrNO. The second-order valence-electron chi connectivity index (χ2n) is 4.88. The Hall–Kier alpha value is -0.540. The summed E-state index contributed by atoms with van der Waals surface area (Å²) in [6.45, 7) is 4.38. The molecule has 2 nitrogen and oxygen atoms in total. The van der Waals surface area contributed by atoms with Gasteiger partial charge in [-0.2, -0.15) is 0 Å². The zero-order valence-corrected chi connectivity index (χ0v) is 12.1. The predicted molar refractivity (Wildman–Crippen MR) is 74.2 cm³/mol. The third-order valence-corrected chi connectivity index (χ3v) is 4.13. The van der Waals surface area contributed by atoms with E-state index in [1.165, 1.54) is 0 Å². The van der Waals surface area contributed by atoms with Gasteiger partial charge in [0.15, 0.2) is 0 Å². The molecule has 2 N–H and O–H groups in total. The van der Waals surface area contributed by atoms with Gasteiger partial charge in [-0.05, 0) is 31.0 Å². The van der Waals surface area contributed by atoms with Crippen LogP contribution in [0.5, 0.6) is 5.75 Å². The van der Waals surface area contributed by atoms with Gasteiger partial charge in [0, 0.05) is 22.5 Å². The summed E-state index contributed by atoms with van der Waals surface area (Å²) in [5.41, 5.74) is 7.36. The fraction of sp³-hybridized carbons (Fsp3) is 0.571. The number of hydrogen-bond donors (Lipinski definition) is 1. The molecule has 3 heteroatoms. The van der Waals surface area contributed by atoms with Crippen LogP contribution >= 0.6 is 15.9 Å². The van der Waals surface area contributed by atoms with Gasteiger partial charge in [-0.25, -0.2) is 0 Å². The molecule has 17 heavy (non-hydrogen) atoms. The minimum Gasteiger partial charge on any atom is -0.487 e. The monoisotopic (exact) mass is 297 g/mol. The van der Waals surface area contributed by atoms with E-state index in [1.54, 1.807) is 0 Å². The van der Waals surface area contributed by atoms with Gasteiger partial charge < -0.3 is 10.5 Å². The molecule has 2 unspecified atom stereocenters. The van der Waals surface area contributed by atoms with Crippen molar-refractivity contribution in [2.75, 3.05) is 0 Å². The van der Waals surface area contributed by atoms with E-state index in [0.29, 0.717) is 0 Å². The smallest absolute Gasteiger partial charge is 0.124 e. The molecule has 0 bridgehead atoms. The largest absolute Gasteiger partial charge is 0.487 e. The number of hydrogen-bond acceptors (Lipinski definition) is 2. The Morgan fingerprint density at radius 1 is 1.47 bits per heavy atom. The summed E-state index contributed by atoms with van der Waals surface area (Å²) < 4.78 is 7.30. The lowest BCUT2D eigenvalue weighted by Gasteiger charge is -2.41.